The fourth-order valence-electron chi connectivity index (χ4n) is 3.47. The molecule has 5 rings (SSSR count). The zero-order valence-electron chi connectivity index (χ0n) is 16.5. The van der Waals surface area contributed by atoms with Crippen LogP contribution in [0.15, 0.2) is 48.8 Å². The van der Waals surface area contributed by atoms with E-state index < -0.39 is 0 Å². The standard InChI is InChI=1S/C24H21N5O/c25-13-19-12-18(6-8-21(19)29-24(30)17-4-5-17)22-9-10-26-23(28-22)11-15-1-7-20(27-14-15)16-2-3-16/h1,6-10,12,14,16-17H,2-5,11H2,(H,29,30). The molecule has 6 nitrogen and oxygen atoms in total. The van der Waals surface area contributed by atoms with Gasteiger partial charge >= 0.3 is 0 Å². The molecule has 30 heavy (non-hydrogen) atoms. The highest BCUT2D eigenvalue weighted by molar-refractivity contribution is 5.95. The summed E-state index contributed by atoms with van der Waals surface area (Å²) < 4.78 is 0. The number of hydrogen-bond donors (Lipinski definition) is 1. The molecule has 0 spiro atoms. The summed E-state index contributed by atoms with van der Waals surface area (Å²) in [6.45, 7) is 0. The van der Waals surface area contributed by atoms with Gasteiger partial charge in [-0.3, -0.25) is 9.78 Å². The van der Waals surface area contributed by atoms with E-state index in [2.05, 4.69) is 38.5 Å². The fraction of sp³-hybridized carbons (Fsp3) is 0.292. The molecule has 2 fully saturated rings. The first-order valence-corrected chi connectivity index (χ1v) is 10.3. The minimum absolute atomic E-state index is 0.00936. The third kappa shape index (κ3) is 4.06. The Morgan fingerprint density at radius 2 is 1.97 bits per heavy atom. The van der Waals surface area contributed by atoms with Gasteiger partial charge in [-0.1, -0.05) is 12.1 Å². The lowest BCUT2D eigenvalue weighted by atomic mass is 10.1. The van der Waals surface area contributed by atoms with Crippen LogP contribution in [0.25, 0.3) is 11.3 Å². The van der Waals surface area contributed by atoms with Crippen molar-refractivity contribution in [1.29, 1.82) is 5.26 Å². The first kappa shape index (κ1) is 18.4. The Morgan fingerprint density at radius 3 is 2.67 bits per heavy atom. The van der Waals surface area contributed by atoms with Gasteiger partial charge in [0.2, 0.25) is 5.91 Å². The Hall–Kier alpha value is -3.59. The molecule has 0 radical (unpaired) electrons. The molecule has 2 aromatic heterocycles. The predicted octanol–water partition coefficient (Wildman–Crippen LogP) is 4.23. The van der Waals surface area contributed by atoms with Crippen LogP contribution in [0.4, 0.5) is 5.69 Å². The summed E-state index contributed by atoms with van der Waals surface area (Å²) in [5.41, 5.74) is 4.80. The summed E-state index contributed by atoms with van der Waals surface area (Å²) in [7, 11) is 0. The summed E-state index contributed by atoms with van der Waals surface area (Å²) in [6.07, 6.45) is 8.58. The van der Waals surface area contributed by atoms with Crippen LogP contribution in [0.5, 0.6) is 0 Å². The first-order chi connectivity index (χ1) is 14.7. The van der Waals surface area contributed by atoms with Gasteiger partial charge in [-0.2, -0.15) is 5.26 Å². The Bertz CT molecular complexity index is 1140. The number of rotatable bonds is 6. The molecule has 0 aliphatic heterocycles. The smallest absolute Gasteiger partial charge is 0.227 e. The Morgan fingerprint density at radius 1 is 1.10 bits per heavy atom. The number of anilines is 1. The van der Waals surface area contributed by atoms with Crippen LogP contribution in [0.3, 0.4) is 0 Å². The van der Waals surface area contributed by atoms with Gasteiger partial charge in [0, 0.05) is 41.9 Å². The van der Waals surface area contributed by atoms with Crippen molar-refractivity contribution in [2.45, 2.75) is 38.0 Å². The maximum Gasteiger partial charge on any atom is 0.227 e. The number of pyridine rings is 1. The second kappa shape index (κ2) is 7.68. The molecule has 1 aromatic carbocycles. The third-order valence-electron chi connectivity index (χ3n) is 5.55. The maximum absolute atomic E-state index is 12.0. The van der Waals surface area contributed by atoms with Crippen LogP contribution in [-0.4, -0.2) is 20.9 Å². The molecule has 2 aliphatic rings. The molecule has 0 saturated heterocycles. The Balaban J connectivity index is 1.35. The fourth-order valence-corrected chi connectivity index (χ4v) is 3.47. The molecule has 2 heterocycles. The minimum atomic E-state index is -0.00936. The first-order valence-electron chi connectivity index (χ1n) is 10.3. The lowest BCUT2D eigenvalue weighted by Crippen LogP contribution is -2.14. The number of nitriles is 1. The third-order valence-corrected chi connectivity index (χ3v) is 5.55. The van der Waals surface area contributed by atoms with Crippen molar-refractivity contribution in [3.63, 3.8) is 0 Å². The van der Waals surface area contributed by atoms with Crippen molar-refractivity contribution >= 4 is 11.6 Å². The second-order valence-corrected chi connectivity index (χ2v) is 8.04. The highest BCUT2D eigenvalue weighted by atomic mass is 16.2. The van der Waals surface area contributed by atoms with E-state index in [1.807, 2.05) is 18.3 Å². The highest BCUT2D eigenvalue weighted by Crippen LogP contribution is 2.38. The lowest BCUT2D eigenvalue weighted by Gasteiger charge is -2.09. The van der Waals surface area contributed by atoms with E-state index in [-0.39, 0.29) is 11.8 Å². The van der Waals surface area contributed by atoms with Crippen LogP contribution in [0.2, 0.25) is 0 Å². The molecule has 1 amide bonds. The number of nitrogens with one attached hydrogen (secondary N) is 1. The van der Waals surface area contributed by atoms with Gasteiger partial charge in [0.25, 0.3) is 0 Å². The summed E-state index contributed by atoms with van der Waals surface area (Å²) in [4.78, 5) is 25.7. The van der Waals surface area contributed by atoms with Crippen molar-refractivity contribution in [2.24, 2.45) is 5.92 Å². The molecule has 1 N–H and O–H groups in total. The Labute approximate surface area is 175 Å². The van der Waals surface area contributed by atoms with E-state index in [0.29, 0.717) is 29.4 Å². The van der Waals surface area contributed by atoms with Crippen LogP contribution in [-0.2, 0) is 11.2 Å². The van der Waals surface area contributed by atoms with Crippen LogP contribution < -0.4 is 5.32 Å². The summed E-state index contributed by atoms with van der Waals surface area (Å²) in [6, 6.07) is 13.6. The Kier molecular flexibility index (Phi) is 4.72. The molecular formula is C24H21N5O. The van der Waals surface area contributed by atoms with E-state index in [4.69, 9.17) is 0 Å². The van der Waals surface area contributed by atoms with Crippen molar-refractivity contribution in [3.05, 3.63) is 71.4 Å². The van der Waals surface area contributed by atoms with Gasteiger partial charge in [0.1, 0.15) is 11.9 Å². The number of nitrogens with zero attached hydrogens (tertiary/aromatic N) is 4. The topological polar surface area (TPSA) is 91.6 Å². The van der Waals surface area contributed by atoms with Crippen molar-refractivity contribution in [2.75, 3.05) is 5.32 Å². The summed E-state index contributed by atoms with van der Waals surface area (Å²) >= 11 is 0. The molecule has 148 valence electrons. The van der Waals surface area contributed by atoms with E-state index in [0.717, 1.165) is 29.7 Å². The monoisotopic (exact) mass is 395 g/mol. The molecule has 0 unspecified atom stereocenters. The SMILES string of the molecule is N#Cc1cc(-c2ccnc(Cc3ccc(C4CC4)nc3)n2)ccc1NC(=O)C1CC1. The number of benzene rings is 1. The average Bonchev–Trinajstić information content (AvgIpc) is 3.67. The van der Waals surface area contributed by atoms with Gasteiger partial charge < -0.3 is 5.32 Å². The number of carbonyl (C=O) groups is 1. The van der Waals surface area contributed by atoms with E-state index >= 15 is 0 Å². The van der Waals surface area contributed by atoms with Gasteiger partial charge in [0.15, 0.2) is 0 Å². The highest BCUT2D eigenvalue weighted by Gasteiger charge is 2.30. The van der Waals surface area contributed by atoms with Gasteiger partial charge in [-0.15, -0.1) is 0 Å². The number of amides is 1. The molecular weight excluding hydrogens is 374 g/mol. The largest absolute Gasteiger partial charge is 0.325 e. The summed E-state index contributed by atoms with van der Waals surface area (Å²) in [5, 5.41) is 12.4. The molecule has 2 saturated carbocycles. The van der Waals surface area contributed by atoms with Gasteiger partial charge in [0.05, 0.1) is 16.9 Å². The van der Waals surface area contributed by atoms with Crippen molar-refractivity contribution < 1.29 is 4.79 Å². The molecule has 3 aromatic rings. The average molecular weight is 395 g/mol. The van der Waals surface area contributed by atoms with Gasteiger partial charge in [-0.05, 0) is 55.5 Å². The zero-order chi connectivity index (χ0) is 20.5. The maximum atomic E-state index is 12.0. The van der Waals surface area contributed by atoms with Crippen molar-refractivity contribution in [1.82, 2.24) is 15.0 Å². The van der Waals surface area contributed by atoms with Crippen LogP contribution in [0, 0.1) is 17.2 Å². The second-order valence-electron chi connectivity index (χ2n) is 8.04. The van der Waals surface area contributed by atoms with Crippen molar-refractivity contribution in [3.8, 4) is 17.3 Å². The van der Waals surface area contributed by atoms with E-state index in [9.17, 15) is 10.1 Å². The minimum Gasteiger partial charge on any atom is -0.325 e. The number of carbonyl (C=O) groups excluding carboxylic acids is 1. The number of aromatic nitrogens is 3. The molecule has 0 atom stereocenters. The molecule has 0 bridgehead atoms. The summed E-state index contributed by atoms with van der Waals surface area (Å²) in [5.74, 6) is 1.43. The van der Waals surface area contributed by atoms with Gasteiger partial charge in [-0.25, -0.2) is 9.97 Å². The van der Waals surface area contributed by atoms with E-state index in [1.54, 1.807) is 18.3 Å². The normalized spacial score (nSPS) is 15.4. The van der Waals surface area contributed by atoms with Crippen LogP contribution in [0.1, 0.15) is 54.2 Å². The quantitative estimate of drug-likeness (QED) is 0.674. The lowest BCUT2D eigenvalue weighted by molar-refractivity contribution is -0.117. The molecule has 6 heteroatoms. The van der Waals surface area contributed by atoms with Crippen LogP contribution >= 0.6 is 0 Å². The zero-order valence-corrected chi connectivity index (χ0v) is 16.5. The predicted molar refractivity (Wildman–Crippen MR) is 113 cm³/mol. The van der Waals surface area contributed by atoms with E-state index in [1.165, 1.54) is 18.5 Å². The number of hydrogen-bond acceptors (Lipinski definition) is 5. The molecule has 2 aliphatic carbocycles.